The summed E-state index contributed by atoms with van der Waals surface area (Å²) in [6.07, 6.45) is -0.289. The van der Waals surface area contributed by atoms with Gasteiger partial charge in [0.05, 0.1) is 23.4 Å². The second-order valence-corrected chi connectivity index (χ2v) is 11.4. The van der Waals surface area contributed by atoms with Crippen LogP contribution in [0.1, 0.15) is 38.8 Å². The number of alkyl halides is 3. The first-order valence-corrected chi connectivity index (χ1v) is 12.0. The molecule has 0 aromatic carbocycles. The van der Waals surface area contributed by atoms with Crippen LogP contribution in [0.15, 0.2) is 18.3 Å². The van der Waals surface area contributed by atoms with Crippen LogP contribution in [0.2, 0.25) is 0 Å². The van der Waals surface area contributed by atoms with Crippen LogP contribution in [0.4, 0.5) is 18.9 Å². The summed E-state index contributed by atoms with van der Waals surface area (Å²) in [5, 5.41) is 0. The fraction of sp³-hybridized carbons (Fsp3) is 0.750. The maximum absolute atomic E-state index is 12.8. The lowest BCUT2D eigenvalue weighted by Crippen LogP contribution is -2.54. The van der Waals surface area contributed by atoms with Crippen molar-refractivity contribution in [2.45, 2.75) is 51.4 Å². The molecule has 3 saturated heterocycles. The smallest absolute Gasteiger partial charge is 0.367 e. The fourth-order valence-corrected chi connectivity index (χ4v) is 7.65. The Hall–Kier alpha value is -1.35. The largest absolute Gasteiger partial charge is 0.433 e. The molecule has 0 bridgehead atoms. The van der Waals surface area contributed by atoms with E-state index < -0.39 is 21.7 Å². The van der Waals surface area contributed by atoms with E-state index in [-0.39, 0.29) is 11.5 Å². The minimum absolute atomic E-state index is 0.0410. The van der Waals surface area contributed by atoms with Crippen molar-refractivity contribution in [3.63, 3.8) is 0 Å². The fourth-order valence-electron chi connectivity index (χ4n) is 5.39. The van der Waals surface area contributed by atoms with E-state index in [9.17, 15) is 21.6 Å². The van der Waals surface area contributed by atoms with Crippen LogP contribution in [0.25, 0.3) is 0 Å². The van der Waals surface area contributed by atoms with Crippen molar-refractivity contribution in [3.05, 3.63) is 24.0 Å². The highest BCUT2D eigenvalue weighted by Crippen LogP contribution is 2.43. The highest BCUT2D eigenvalue weighted by atomic mass is 32.2. The summed E-state index contributed by atoms with van der Waals surface area (Å²) in [7, 11) is -2.83. The number of aromatic nitrogens is 1. The summed E-state index contributed by atoms with van der Waals surface area (Å²) in [6.45, 7) is 6.84. The van der Waals surface area contributed by atoms with E-state index in [1.165, 1.54) is 12.3 Å². The standard InChI is InChI=1S/C20H28F3N3O2S/c1-14(2)17-9-15(25-8-6-19(11-25)12-29(27,28)13-19)5-7-26(17)16-3-4-18(24-10-16)20(21,22)23/h3-4,10,14-15,17H,5-9,11-13H2,1-2H3/t15-,17-/m0/s1. The topological polar surface area (TPSA) is 53.5 Å². The van der Waals surface area contributed by atoms with Gasteiger partial charge in [-0.2, -0.15) is 13.2 Å². The van der Waals surface area contributed by atoms with E-state index in [2.05, 4.69) is 28.6 Å². The number of anilines is 1. The van der Waals surface area contributed by atoms with Gasteiger partial charge in [-0.15, -0.1) is 0 Å². The molecule has 5 nitrogen and oxygen atoms in total. The molecule has 0 aliphatic carbocycles. The average molecular weight is 432 g/mol. The molecule has 4 rings (SSSR count). The Kier molecular flexibility index (Phi) is 5.13. The highest BCUT2D eigenvalue weighted by molar-refractivity contribution is 7.92. The molecule has 3 aliphatic rings. The summed E-state index contributed by atoms with van der Waals surface area (Å²) in [4.78, 5) is 8.27. The monoisotopic (exact) mass is 431 g/mol. The summed E-state index contributed by atoms with van der Waals surface area (Å²) in [5.41, 5.74) is -0.172. The van der Waals surface area contributed by atoms with Crippen LogP contribution < -0.4 is 4.90 Å². The van der Waals surface area contributed by atoms with Crippen LogP contribution in [0.5, 0.6) is 0 Å². The number of pyridine rings is 1. The lowest BCUT2D eigenvalue weighted by molar-refractivity contribution is -0.141. The van der Waals surface area contributed by atoms with E-state index in [1.54, 1.807) is 0 Å². The van der Waals surface area contributed by atoms with Crippen LogP contribution >= 0.6 is 0 Å². The van der Waals surface area contributed by atoms with Crippen molar-refractivity contribution in [3.8, 4) is 0 Å². The van der Waals surface area contributed by atoms with Crippen molar-refractivity contribution in [1.82, 2.24) is 9.88 Å². The molecule has 3 fully saturated rings. The van der Waals surface area contributed by atoms with Gasteiger partial charge in [0.2, 0.25) is 0 Å². The van der Waals surface area contributed by atoms with E-state index >= 15 is 0 Å². The van der Waals surface area contributed by atoms with Crippen LogP contribution in [0.3, 0.4) is 0 Å². The van der Waals surface area contributed by atoms with Gasteiger partial charge in [0.25, 0.3) is 0 Å². The lowest BCUT2D eigenvalue weighted by Gasteiger charge is -2.46. The third-order valence-electron chi connectivity index (χ3n) is 6.79. The zero-order valence-electron chi connectivity index (χ0n) is 16.8. The van der Waals surface area contributed by atoms with Gasteiger partial charge in [-0.05, 0) is 43.9 Å². The van der Waals surface area contributed by atoms with Gasteiger partial charge in [-0.25, -0.2) is 13.4 Å². The molecule has 2 atom stereocenters. The second-order valence-electron chi connectivity index (χ2n) is 9.34. The average Bonchev–Trinajstić information content (AvgIpc) is 3.04. The Morgan fingerprint density at radius 3 is 2.48 bits per heavy atom. The van der Waals surface area contributed by atoms with Crippen molar-refractivity contribution >= 4 is 15.5 Å². The molecule has 0 amide bonds. The number of halogens is 3. The predicted molar refractivity (Wildman–Crippen MR) is 106 cm³/mol. The first-order chi connectivity index (χ1) is 13.5. The van der Waals surface area contributed by atoms with Gasteiger partial charge in [-0.1, -0.05) is 13.8 Å². The van der Waals surface area contributed by atoms with Crippen LogP contribution in [0, 0.1) is 11.3 Å². The van der Waals surface area contributed by atoms with Gasteiger partial charge < -0.3 is 4.90 Å². The highest BCUT2D eigenvalue weighted by Gasteiger charge is 2.53. The number of likely N-dealkylation sites (tertiary alicyclic amines) is 1. The Bertz CT molecular complexity index is 843. The molecule has 0 radical (unpaired) electrons. The molecule has 9 heteroatoms. The Balaban J connectivity index is 1.44. The first kappa shape index (κ1) is 20.9. The summed E-state index contributed by atoms with van der Waals surface area (Å²) in [6, 6.07) is 3.19. The molecule has 1 aromatic rings. The Labute approximate surface area is 170 Å². The molecule has 4 heterocycles. The summed E-state index contributed by atoms with van der Waals surface area (Å²) < 4.78 is 61.8. The van der Waals surface area contributed by atoms with Gasteiger partial charge in [-0.3, -0.25) is 4.90 Å². The summed E-state index contributed by atoms with van der Waals surface area (Å²) >= 11 is 0. The zero-order chi connectivity index (χ0) is 21.0. The lowest BCUT2D eigenvalue weighted by atomic mass is 9.88. The zero-order valence-corrected chi connectivity index (χ0v) is 17.6. The maximum Gasteiger partial charge on any atom is 0.433 e. The summed E-state index contributed by atoms with van der Waals surface area (Å²) in [5.74, 6) is 0.987. The van der Waals surface area contributed by atoms with E-state index in [0.29, 0.717) is 23.5 Å². The van der Waals surface area contributed by atoms with Gasteiger partial charge in [0.1, 0.15) is 5.69 Å². The molecular weight excluding hydrogens is 403 g/mol. The molecule has 3 aliphatic heterocycles. The number of sulfone groups is 1. The Morgan fingerprint density at radius 2 is 1.93 bits per heavy atom. The van der Waals surface area contributed by atoms with Crippen molar-refractivity contribution in [1.29, 1.82) is 0 Å². The molecule has 29 heavy (non-hydrogen) atoms. The van der Waals surface area contributed by atoms with Crippen LogP contribution in [-0.2, 0) is 16.0 Å². The number of nitrogens with zero attached hydrogens (tertiary/aromatic N) is 3. The van der Waals surface area contributed by atoms with E-state index in [1.807, 2.05) is 0 Å². The molecule has 162 valence electrons. The number of rotatable bonds is 3. The third kappa shape index (κ3) is 4.13. The maximum atomic E-state index is 12.8. The van der Waals surface area contributed by atoms with Gasteiger partial charge >= 0.3 is 6.18 Å². The number of hydrogen-bond donors (Lipinski definition) is 0. The van der Waals surface area contributed by atoms with Gasteiger partial charge in [0.15, 0.2) is 9.84 Å². The molecule has 0 N–H and O–H groups in total. The van der Waals surface area contributed by atoms with E-state index in [4.69, 9.17) is 0 Å². The normalized spacial score (nSPS) is 29.4. The Morgan fingerprint density at radius 1 is 1.21 bits per heavy atom. The molecule has 1 aromatic heterocycles. The first-order valence-electron chi connectivity index (χ1n) is 10.2. The third-order valence-corrected chi connectivity index (χ3v) is 8.90. The van der Waals surface area contributed by atoms with Crippen molar-refractivity contribution < 1.29 is 21.6 Å². The van der Waals surface area contributed by atoms with Crippen LogP contribution in [-0.4, -0.2) is 61.5 Å². The van der Waals surface area contributed by atoms with Crippen molar-refractivity contribution in [2.24, 2.45) is 11.3 Å². The quantitative estimate of drug-likeness (QED) is 0.736. The molecule has 0 saturated carbocycles. The van der Waals surface area contributed by atoms with Crippen molar-refractivity contribution in [2.75, 3.05) is 36.0 Å². The molecule has 0 unspecified atom stereocenters. The van der Waals surface area contributed by atoms with E-state index in [0.717, 1.165) is 50.7 Å². The van der Waals surface area contributed by atoms with Gasteiger partial charge in [0, 0.05) is 30.6 Å². The minimum atomic E-state index is -4.43. The number of piperidine rings is 1. The minimum Gasteiger partial charge on any atom is -0.367 e. The SMILES string of the molecule is CC(C)[C@@H]1C[C@@H](N2CCC3(C2)CS(=O)(=O)C3)CCN1c1ccc(C(F)(F)F)nc1. The molecule has 1 spiro atoms. The predicted octanol–water partition coefficient (Wildman–Crippen LogP) is 3.21. The number of hydrogen-bond acceptors (Lipinski definition) is 5. The molecular formula is C20H28F3N3O2S. The second kappa shape index (κ2) is 7.11.